The van der Waals surface area contributed by atoms with Crippen molar-refractivity contribution in [1.29, 1.82) is 0 Å². The SMILES string of the molecule is O=S(=O)=C1CCC2CNCC2N1. The first-order valence-electron chi connectivity index (χ1n) is 4.19. The lowest BCUT2D eigenvalue weighted by Crippen LogP contribution is -2.44. The Kier molecular flexibility index (Phi) is 2.16. The molecule has 2 heterocycles. The molecule has 2 atom stereocenters. The molecule has 2 aliphatic rings. The zero-order valence-electron chi connectivity index (χ0n) is 6.71. The second-order valence-electron chi connectivity index (χ2n) is 3.37. The van der Waals surface area contributed by atoms with Gasteiger partial charge >= 0.3 is 0 Å². The molecule has 0 aromatic rings. The minimum Gasteiger partial charge on any atom is -0.315 e. The van der Waals surface area contributed by atoms with Gasteiger partial charge < -0.3 is 5.32 Å². The fraction of sp³-hybridized carbons (Fsp3) is 0.857. The number of hydrogen-bond donors (Lipinski definition) is 2. The Morgan fingerprint density at radius 3 is 2.92 bits per heavy atom. The highest BCUT2D eigenvalue weighted by Gasteiger charge is 2.31. The molecular formula is C7H12N2O2S. The summed E-state index contributed by atoms with van der Waals surface area (Å²) in [7, 11) is -2.03. The van der Waals surface area contributed by atoms with Gasteiger partial charge in [-0.05, 0) is 25.3 Å². The van der Waals surface area contributed by atoms with Crippen molar-refractivity contribution >= 4 is 15.3 Å². The number of rotatable bonds is 0. The van der Waals surface area contributed by atoms with Crippen LogP contribution in [0.1, 0.15) is 12.8 Å². The number of hydrogen-bond acceptors (Lipinski definition) is 3. The van der Waals surface area contributed by atoms with Crippen molar-refractivity contribution in [3.8, 4) is 0 Å². The molecule has 2 aliphatic heterocycles. The first kappa shape index (κ1) is 8.22. The largest absolute Gasteiger partial charge is 0.315 e. The van der Waals surface area contributed by atoms with Crippen LogP contribution in [0.25, 0.3) is 0 Å². The quantitative estimate of drug-likeness (QED) is 0.477. The fourth-order valence-corrected chi connectivity index (χ4v) is 2.46. The van der Waals surface area contributed by atoms with Gasteiger partial charge in [0.15, 0.2) is 0 Å². The molecule has 2 rings (SSSR count). The molecule has 0 spiro atoms. The van der Waals surface area contributed by atoms with E-state index in [4.69, 9.17) is 0 Å². The van der Waals surface area contributed by atoms with E-state index < -0.39 is 10.3 Å². The summed E-state index contributed by atoms with van der Waals surface area (Å²) in [6, 6.07) is 0.339. The minimum absolute atomic E-state index is 0.339. The maximum absolute atomic E-state index is 10.6. The average molecular weight is 188 g/mol. The Morgan fingerprint density at radius 1 is 1.33 bits per heavy atom. The molecule has 0 aromatic carbocycles. The third-order valence-corrected chi connectivity index (χ3v) is 3.35. The zero-order chi connectivity index (χ0) is 8.55. The Balaban J connectivity index is 2.16. The summed E-state index contributed by atoms with van der Waals surface area (Å²) < 4.78 is 21.2. The van der Waals surface area contributed by atoms with Gasteiger partial charge in [-0.25, -0.2) is 0 Å². The van der Waals surface area contributed by atoms with Crippen molar-refractivity contribution in [3.63, 3.8) is 0 Å². The van der Waals surface area contributed by atoms with Crippen LogP contribution < -0.4 is 10.6 Å². The van der Waals surface area contributed by atoms with Crippen molar-refractivity contribution in [2.75, 3.05) is 13.1 Å². The van der Waals surface area contributed by atoms with Crippen molar-refractivity contribution in [1.82, 2.24) is 10.6 Å². The van der Waals surface area contributed by atoms with E-state index in [1.807, 2.05) is 0 Å². The van der Waals surface area contributed by atoms with E-state index in [0.717, 1.165) is 19.5 Å². The molecule has 0 amide bonds. The summed E-state index contributed by atoms with van der Waals surface area (Å²) in [5.41, 5.74) is 0. The van der Waals surface area contributed by atoms with E-state index in [1.165, 1.54) is 0 Å². The van der Waals surface area contributed by atoms with Crippen molar-refractivity contribution < 1.29 is 8.42 Å². The van der Waals surface area contributed by atoms with Gasteiger partial charge in [0, 0.05) is 12.6 Å². The summed E-state index contributed by atoms with van der Waals surface area (Å²) in [6.45, 7) is 1.92. The maximum Gasteiger partial charge on any atom is 0.228 e. The Morgan fingerprint density at radius 2 is 2.17 bits per heavy atom. The van der Waals surface area contributed by atoms with Crippen LogP contribution in [-0.2, 0) is 10.3 Å². The lowest BCUT2D eigenvalue weighted by molar-refractivity contribution is 0.426. The minimum atomic E-state index is -2.03. The monoisotopic (exact) mass is 188 g/mol. The van der Waals surface area contributed by atoms with Crippen LogP contribution in [0.15, 0.2) is 0 Å². The fourth-order valence-electron chi connectivity index (χ4n) is 1.93. The maximum atomic E-state index is 10.6. The molecule has 5 heteroatoms. The van der Waals surface area contributed by atoms with Gasteiger partial charge in [0.2, 0.25) is 10.3 Å². The van der Waals surface area contributed by atoms with Crippen LogP contribution in [0.3, 0.4) is 0 Å². The van der Waals surface area contributed by atoms with Crippen LogP contribution in [0.2, 0.25) is 0 Å². The molecule has 0 radical (unpaired) electrons. The van der Waals surface area contributed by atoms with Crippen LogP contribution in [-0.4, -0.2) is 32.5 Å². The first-order chi connectivity index (χ1) is 5.77. The summed E-state index contributed by atoms with van der Waals surface area (Å²) in [6.07, 6.45) is 1.67. The third kappa shape index (κ3) is 1.39. The van der Waals surface area contributed by atoms with Crippen LogP contribution in [0.4, 0.5) is 0 Å². The van der Waals surface area contributed by atoms with Gasteiger partial charge in [0.25, 0.3) is 0 Å². The Bertz CT molecular complexity index is 301. The molecule has 2 unspecified atom stereocenters. The highest BCUT2D eigenvalue weighted by atomic mass is 32.2. The van der Waals surface area contributed by atoms with Crippen LogP contribution >= 0.6 is 0 Å². The molecule has 68 valence electrons. The molecule has 0 saturated carbocycles. The smallest absolute Gasteiger partial charge is 0.228 e. The zero-order valence-corrected chi connectivity index (χ0v) is 7.52. The molecular weight excluding hydrogens is 176 g/mol. The summed E-state index contributed by atoms with van der Waals surface area (Å²) in [5, 5.41) is 6.30. The second kappa shape index (κ2) is 3.16. The number of fused-ring (bicyclic) bond motifs is 1. The highest BCUT2D eigenvalue weighted by molar-refractivity contribution is 7.72. The van der Waals surface area contributed by atoms with Gasteiger partial charge in [-0.1, -0.05) is 0 Å². The Hall–Kier alpha value is -0.390. The second-order valence-corrected chi connectivity index (χ2v) is 4.33. The molecule has 0 aliphatic carbocycles. The van der Waals surface area contributed by atoms with Gasteiger partial charge in [-0.3, -0.25) is 5.32 Å². The summed E-state index contributed by atoms with van der Waals surface area (Å²) >= 11 is 0. The molecule has 2 N–H and O–H groups in total. The molecule has 0 aromatic heterocycles. The average Bonchev–Trinajstić information content (AvgIpc) is 2.49. The third-order valence-electron chi connectivity index (χ3n) is 2.63. The van der Waals surface area contributed by atoms with Gasteiger partial charge in [-0.15, -0.1) is 0 Å². The normalized spacial score (nSPS) is 34.8. The molecule has 2 saturated heterocycles. The van der Waals surface area contributed by atoms with Gasteiger partial charge in [0.1, 0.15) is 4.99 Å². The van der Waals surface area contributed by atoms with Crippen molar-refractivity contribution in [3.05, 3.63) is 0 Å². The Labute approximate surface area is 72.9 Å². The van der Waals surface area contributed by atoms with Crippen molar-refractivity contribution in [2.45, 2.75) is 18.9 Å². The number of nitrogens with one attached hydrogen (secondary N) is 2. The predicted octanol–water partition coefficient (Wildman–Crippen LogP) is -1.03. The van der Waals surface area contributed by atoms with Gasteiger partial charge in [0.05, 0.1) is 0 Å². The molecule has 0 bridgehead atoms. The van der Waals surface area contributed by atoms with E-state index >= 15 is 0 Å². The summed E-state index contributed by atoms with van der Waals surface area (Å²) in [4.78, 5) is 0.486. The first-order valence-corrected chi connectivity index (χ1v) is 5.27. The molecule has 4 nitrogen and oxygen atoms in total. The van der Waals surface area contributed by atoms with Crippen molar-refractivity contribution in [2.24, 2.45) is 5.92 Å². The lowest BCUT2D eigenvalue weighted by atomic mass is 9.94. The van der Waals surface area contributed by atoms with Crippen LogP contribution in [0, 0.1) is 5.92 Å². The standard InChI is InChI=1S/C7H12N2O2S/c10-12(11)7-2-1-5-3-8-4-6(5)9-7/h5-6,8-9H,1-4H2. The lowest BCUT2D eigenvalue weighted by Gasteiger charge is -2.25. The molecule has 12 heavy (non-hydrogen) atoms. The van der Waals surface area contributed by atoms with E-state index in [2.05, 4.69) is 10.6 Å². The van der Waals surface area contributed by atoms with Gasteiger partial charge in [-0.2, -0.15) is 8.42 Å². The molecule has 2 fully saturated rings. The van der Waals surface area contributed by atoms with E-state index in [9.17, 15) is 8.42 Å². The van der Waals surface area contributed by atoms with E-state index in [0.29, 0.717) is 23.4 Å². The topological polar surface area (TPSA) is 58.2 Å². The number of piperidine rings is 1. The summed E-state index contributed by atoms with van der Waals surface area (Å²) in [5.74, 6) is 0.622. The van der Waals surface area contributed by atoms with E-state index in [1.54, 1.807) is 0 Å². The van der Waals surface area contributed by atoms with Crippen LogP contribution in [0.5, 0.6) is 0 Å². The predicted molar refractivity (Wildman–Crippen MR) is 46.4 cm³/mol. The highest BCUT2D eigenvalue weighted by Crippen LogP contribution is 2.19. The van der Waals surface area contributed by atoms with E-state index in [-0.39, 0.29) is 0 Å².